The summed E-state index contributed by atoms with van der Waals surface area (Å²) in [5.74, 6) is -0.889. The highest BCUT2D eigenvalue weighted by molar-refractivity contribution is 5.87. The van der Waals surface area contributed by atoms with Gasteiger partial charge in [0, 0.05) is 11.6 Å². The minimum Gasteiger partial charge on any atom is -0.478 e. The van der Waals surface area contributed by atoms with Crippen molar-refractivity contribution in [2.24, 2.45) is 0 Å². The molecule has 82 valence electrons. The summed E-state index contributed by atoms with van der Waals surface area (Å²) < 4.78 is 0. The molecule has 0 saturated carbocycles. The quantitative estimate of drug-likeness (QED) is 0.504. The van der Waals surface area contributed by atoms with E-state index >= 15 is 0 Å². The van der Waals surface area contributed by atoms with Crippen molar-refractivity contribution in [1.29, 1.82) is 0 Å². The third kappa shape index (κ3) is 4.42. The maximum Gasteiger partial charge on any atom is 0.332 e. The van der Waals surface area contributed by atoms with E-state index in [2.05, 4.69) is 13.5 Å². The smallest absolute Gasteiger partial charge is 0.332 e. The van der Waals surface area contributed by atoms with Crippen molar-refractivity contribution in [3.63, 3.8) is 0 Å². The van der Waals surface area contributed by atoms with E-state index in [4.69, 9.17) is 5.11 Å². The second-order valence-corrected chi connectivity index (χ2v) is 3.81. The monoisotopic (exact) mass is 199 g/mol. The Bertz CT molecular complexity index is 199. The number of likely N-dealkylation sites (N-methyl/N-ethyl adjacent to an activating group) is 1. The SMILES string of the molecule is C=C(C(=O)O)C(CCCCC)N(C)C. The summed E-state index contributed by atoms with van der Waals surface area (Å²) >= 11 is 0. The number of rotatable bonds is 7. The van der Waals surface area contributed by atoms with Gasteiger partial charge in [0.1, 0.15) is 0 Å². The minimum absolute atomic E-state index is 0.0287. The number of hydrogen-bond donors (Lipinski definition) is 1. The Morgan fingerprint density at radius 3 is 2.36 bits per heavy atom. The van der Waals surface area contributed by atoms with E-state index in [0.29, 0.717) is 5.57 Å². The lowest BCUT2D eigenvalue weighted by Gasteiger charge is -2.24. The summed E-state index contributed by atoms with van der Waals surface area (Å²) in [5.41, 5.74) is 0.297. The largest absolute Gasteiger partial charge is 0.478 e. The molecule has 0 aromatic rings. The Balaban J connectivity index is 4.15. The number of hydrogen-bond acceptors (Lipinski definition) is 2. The third-order valence-corrected chi connectivity index (χ3v) is 2.38. The average molecular weight is 199 g/mol. The van der Waals surface area contributed by atoms with Crippen LogP contribution in [0.5, 0.6) is 0 Å². The van der Waals surface area contributed by atoms with Crippen molar-refractivity contribution in [2.75, 3.05) is 14.1 Å². The van der Waals surface area contributed by atoms with Gasteiger partial charge in [-0.25, -0.2) is 4.79 Å². The molecule has 0 aliphatic heterocycles. The zero-order valence-corrected chi connectivity index (χ0v) is 9.42. The number of carboxylic acids is 1. The van der Waals surface area contributed by atoms with Crippen molar-refractivity contribution in [3.8, 4) is 0 Å². The van der Waals surface area contributed by atoms with Crippen LogP contribution in [0.1, 0.15) is 32.6 Å². The second kappa shape index (κ2) is 6.60. The lowest BCUT2D eigenvalue weighted by Crippen LogP contribution is -2.32. The van der Waals surface area contributed by atoms with Crippen LogP contribution in [0, 0.1) is 0 Å². The highest BCUT2D eigenvalue weighted by Crippen LogP contribution is 2.14. The van der Waals surface area contributed by atoms with Gasteiger partial charge in [0.15, 0.2) is 0 Å². The summed E-state index contributed by atoms with van der Waals surface area (Å²) in [5, 5.41) is 8.83. The first-order valence-corrected chi connectivity index (χ1v) is 5.09. The van der Waals surface area contributed by atoms with Crippen molar-refractivity contribution in [2.45, 2.75) is 38.6 Å². The fraction of sp³-hybridized carbons (Fsp3) is 0.727. The first kappa shape index (κ1) is 13.2. The number of nitrogens with zero attached hydrogens (tertiary/aromatic N) is 1. The molecule has 0 aliphatic rings. The molecule has 3 nitrogen and oxygen atoms in total. The number of unbranched alkanes of at least 4 members (excludes halogenated alkanes) is 2. The highest BCUT2D eigenvalue weighted by Gasteiger charge is 2.19. The van der Waals surface area contributed by atoms with Gasteiger partial charge in [-0.1, -0.05) is 32.8 Å². The Labute approximate surface area is 86.4 Å². The molecule has 14 heavy (non-hydrogen) atoms. The van der Waals surface area contributed by atoms with E-state index < -0.39 is 5.97 Å². The van der Waals surface area contributed by atoms with Crippen LogP contribution in [0.4, 0.5) is 0 Å². The van der Waals surface area contributed by atoms with E-state index in [1.165, 1.54) is 0 Å². The Morgan fingerprint density at radius 1 is 1.43 bits per heavy atom. The molecule has 1 unspecified atom stereocenters. The first-order valence-electron chi connectivity index (χ1n) is 5.09. The summed E-state index contributed by atoms with van der Waals surface area (Å²) in [6.45, 7) is 5.75. The van der Waals surface area contributed by atoms with Crippen LogP contribution >= 0.6 is 0 Å². The molecule has 0 aromatic carbocycles. The van der Waals surface area contributed by atoms with Gasteiger partial charge in [0.2, 0.25) is 0 Å². The second-order valence-electron chi connectivity index (χ2n) is 3.81. The molecule has 0 amide bonds. The molecular formula is C11H21NO2. The molecule has 0 spiro atoms. The predicted molar refractivity (Wildman–Crippen MR) is 58.4 cm³/mol. The van der Waals surface area contributed by atoms with Crippen LogP contribution in [0.15, 0.2) is 12.2 Å². The Morgan fingerprint density at radius 2 is 2.00 bits per heavy atom. The van der Waals surface area contributed by atoms with Gasteiger partial charge in [-0.2, -0.15) is 0 Å². The average Bonchev–Trinajstić information content (AvgIpc) is 2.10. The van der Waals surface area contributed by atoms with Crippen LogP contribution < -0.4 is 0 Å². The van der Waals surface area contributed by atoms with Crippen LogP contribution in [-0.4, -0.2) is 36.1 Å². The lowest BCUT2D eigenvalue weighted by molar-refractivity contribution is -0.133. The molecule has 0 saturated heterocycles. The third-order valence-electron chi connectivity index (χ3n) is 2.38. The Kier molecular flexibility index (Phi) is 6.21. The maximum absolute atomic E-state index is 10.8. The zero-order chi connectivity index (χ0) is 11.1. The van der Waals surface area contributed by atoms with E-state index in [9.17, 15) is 4.79 Å². The van der Waals surface area contributed by atoms with Gasteiger partial charge < -0.3 is 10.0 Å². The van der Waals surface area contributed by atoms with Crippen LogP contribution in [0.25, 0.3) is 0 Å². The van der Waals surface area contributed by atoms with E-state index in [-0.39, 0.29) is 6.04 Å². The van der Waals surface area contributed by atoms with Gasteiger partial charge >= 0.3 is 5.97 Å². The minimum atomic E-state index is -0.889. The first-order chi connectivity index (χ1) is 6.50. The molecule has 1 N–H and O–H groups in total. The molecule has 0 aliphatic carbocycles. The normalized spacial score (nSPS) is 12.9. The molecular weight excluding hydrogens is 178 g/mol. The molecule has 0 bridgehead atoms. The lowest BCUT2D eigenvalue weighted by atomic mass is 10.0. The molecule has 3 heteroatoms. The molecule has 0 aromatic heterocycles. The molecule has 0 radical (unpaired) electrons. The van der Waals surface area contributed by atoms with Crippen molar-refractivity contribution in [1.82, 2.24) is 4.90 Å². The molecule has 1 atom stereocenters. The highest BCUT2D eigenvalue weighted by atomic mass is 16.4. The van der Waals surface area contributed by atoms with Crippen LogP contribution in [0.2, 0.25) is 0 Å². The topological polar surface area (TPSA) is 40.5 Å². The van der Waals surface area contributed by atoms with Crippen LogP contribution in [-0.2, 0) is 4.79 Å². The summed E-state index contributed by atoms with van der Waals surface area (Å²) in [4.78, 5) is 12.7. The van der Waals surface area contributed by atoms with E-state index in [0.717, 1.165) is 25.7 Å². The van der Waals surface area contributed by atoms with Gasteiger partial charge in [-0.15, -0.1) is 0 Å². The van der Waals surface area contributed by atoms with Crippen molar-refractivity contribution < 1.29 is 9.90 Å². The predicted octanol–water partition coefficient (Wildman–Crippen LogP) is 2.14. The summed E-state index contributed by atoms with van der Waals surface area (Å²) in [7, 11) is 3.79. The standard InChI is InChI=1S/C11H21NO2/c1-5-6-7-8-10(12(3)4)9(2)11(13)14/h10H,2,5-8H2,1,3-4H3,(H,13,14). The van der Waals surface area contributed by atoms with Gasteiger partial charge in [-0.3, -0.25) is 0 Å². The number of carboxylic acid groups (broad SMARTS) is 1. The maximum atomic E-state index is 10.8. The molecule has 0 fully saturated rings. The van der Waals surface area contributed by atoms with Gasteiger partial charge in [0.25, 0.3) is 0 Å². The Hall–Kier alpha value is -0.830. The number of aliphatic carboxylic acids is 1. The fourth-order valence-electron chi connectivity index (χ4n) is 1.47. The fourth-order valence-corrected chi connectivity index (χ4v) is 1.47. The van der Waals surface area contributed by atoms with Crippen LogP contribution in [0.3, 0.4) is 0 Å². The van der Waals surface area contributed by atoms with E-state index in [1.807, 2.05) is 19.0 Å². The number of carbonyl (C=O) groups is 1. The molecule has 0 heterocycles. The van der Waals surface area contributed by atoms with E-state index in [1.54, 1.807) is 0 Å². The van der Waals surface area contributed by atoms with Gasteiger partial charge in [0.05, 0.1) is 0 Å². The molecule has 0 rings (SSSR count). The van der Waals surface area contributed by atoms with Crippen molar-refractivity contribution >= 4 is 5.97 Å². The van der Waals surface area contributed by atoms with Crippen molar-refractivity contribution in [3.05, 3.63) is 12.2 Å². The summed E-state index contributed by atoms with van der Waals surface area (Å²) in [6.07, 6.45) is 4.24. The van der Waals surface area contributed by atoms with Gasteiger partial charge in [-0.05, 0) is 20.5 Å². The summed E-state index contributed by atoms with van der Waals surface area (Å²) in [6, 6.07) is -0.0287. The zero-order valence-electron chi connectivity index (χ0n) is 9.42.